The van der Waals surface area contributed by atoms with E-state index in [2.05, 4.69) is 65.6 Å². The van der Waals surface area contributed by atoms with Gasteiger partial charge in [0.05, 0.1) is 18.8 Å². The third kappa shape index (κ3) is 6.13. The van der Waals surface area contributed by atoms with Crippen molar-refractivity contribution in [2.45, 2.75) is 37.5 Å². The molecule has 2 heterocycles. The second kappa shape index (κ2) is 12.0. The van der Waals surface area contributed by atoms with Crippen LogP contribution in [0.5, 0.6) is 5.75 Å². The summed E-state index contributed by atoms with van der Waals surface area (Å²) in [7, 11) is 1.44. The number of rotatable bonds is 8. The molecule has 5 heteroatoms. The van der Waals surface area contributed by atoms with E-state index in [1.54, 1.807) is 0 Å². The fourth-order valence-electron chi connectivity index (χ4n) is 5.37. The Bertz CT molecular complexity index is 1160. The van der Waals surface area contributed by atoms with Gasteiger partial charge in [-0.05, 0) is 66.6 Å². The number of esters is 1. The number of hydrogen-bond donors (Lipinski definition) is 0. The summed E-state index contributed by atoms with van der Waals surface area (Å²) in [5.74, 6) is 2.55. The first-order valence-electron chi connectivity index (χ1n) is 13.0. The summed E-state index contributed by atoms with van der Waals surface area (Å²) in [5, 5.41) is 0.187. The molecule has 5 rings (SSSR count). The van der Waals surface area contributed by atoms with Gasteiger partial charge in [0.2, 0.25) is 0 Å². The topological polar surface area (TPSA) is 38.8 Å². The molecule has 0 N–H and O–H groups in total. The molecule has 2 aliphatic rings. The zero-order valence-electron chi connectivity index (χ0n) is 21.0. The standard InChI is InChI=1S/C31H35NO3S/c1-34-30(33)21-25-11-12-29-28(20-25)31(27-10-6-5-9-26(27)22-35-29)36-18-17-32-15-13-24(14-16-32)19-23-7-3-2-4-8-23/h2-12,20,24,31H,13-19,21-22H2,1H3. The third-order valence-electron chi connectivity index (χ3n) is 7.42. The first-order valence-corrected chi connectivity index (χ1v) is 14.0. The fourth-order valence-corrected chi connectivity index (χ4v) is 6.74. The van der Waals surface area contributed by atoms with Gasteiger partial charge in [0.25, 0.3) is 0 Å². The van der Waals surface area contributed by atoms with Crippen molar-refractivity contribution >= 4 is 17.7 Å². The van der Waals surface area contributed by atoms with Gasteiger partial charge in [0, 0.05) is 17.9 Å². The van der Waals surface area contributed by atoms with Crippen LogP contribution in [0.2, 0.25) is 0 Å². The predicted octanol–water partition coefficient (Wildman–Crippen LogP) is 6.07. The number of carbonyl (C=O) groups excluding carboxylic acids is 1. The molecule has 1 saturated heterocycles. The SMILES string of the molecule is COC(=O)Cc1ccc2c(c1)C(SCCN1CCC(Cc3ccccc3)CC1)c1ccccc1CO2. The molecular weight excluding hydrogens is 466 g/mol. The summed E-state index contributed by atoms with van der Waals surface area (Å²) in [6.45, 7) is 4.04. The molecule has 0 radical (unpaired) electrons. The van der Waals surface area contributed by atoms with E-state index in [1.165, 1.54) is 56.2 Å². The van der Waals surface area contributed by atoms with Crippen molar-refractivity contribution in [1.29, 1.82) is 0 Å². The number of benzene rings is 3. The molecule has 1 fully saturated rings. The van der Waals surface area contributed by atoms with Gasteiger partial charge in [-0.1, -0.05) is 66.7 Å². The highest BCUT2D eigenvalue weighted by atomic mass is 32.2. The minimum atomic E-state index is -0.218. The average Bonchev–Trinajstić information content (AvgIpc) is 3.07. The zero-order chi connectivity index (χ0) is 24.7. The van der Waals surface area contributed by atoms with Crippen LogP contribution in [0.1, 0.15) is 45.9 Å². The molecule has 2 aliphatic heterocycles. The highest BCUT2D eigenvalue weighted by Crippen LogP contribution is 2.44. The Morgan fingerprint density at radius 3 is 2.56 bits per heavy atom. The number of thioether (sulfide) groups is 1. The van der Waals surface area contributed by atoms with Crippen LogP contribution in [0.3, 0.4) is 0 Å². The van der Waals surface area contributed by atoms with Crippen molar-refractivity contribution in [2.75, 3.05) is 32.5 Å². The first kappa shape index (κ1) is 24.9. The summed E-state index contributed by atoms with van der Waals surface area (Å²) in [6, 6.07) is 25.6. The summed E-state index contributed by atoms with van der Waals surface area (Å²) >= 11 is 1.99. The maximum absolute atomic E-state index is 11.9. The van der Waals surface area contributed by atoms with Gasteiger partial charge in [0.1, 0.15) is 12.4 Å². The van der Waals surface area contributed by atoms with E-state index in [4.69, 9.17) is 9.47 Å². The van der Waals surface area contributed by atoms with Gasteiger partial charge in [-0.3, -0.25) is 4.79 Å². The van der Waals surface area contributed by atoms with E-state index in [-0.39, 0.29) is 17.6 Å². The van der Waals surface area contributed by atoms with Gasteiger partial charge in [-0.2, -0.15) is 0 Å². The number of carbonyl (C=O) groups is 1. The normalized spacial score (nSPS) is 18.0. The molecule has 0 bridgehead atoms. The number of nitrogens with zero attached hydrogens (tertiary/aromatic N) is 1. The van der Waals surface area contributed by atoms with Crippen molar-refractivity contribution in [3.8, 4) is 5.75 Å². The molecule has 188 valence electrons. The Hall–Kier alpha value is -2.76. The number of methoxy groups -OCH3 is 1. The number of hydrogen-bond acceptors (Lipinski definition) is 5. The Labute approximate surface area is 219 Å². The van der Waals surface area contributed by atoms with E-state index in [9.17, 15) is 4.79 Å². The molecule has 1 atom stereocenters. The highest BCUT2D eigenvalue weighted by molar-refractivity contribution is 7.99. The smallest absolute Gasteiger partial charge is 0.309 e. The summed E-state index contributed by atoms with van der Waals surface area (Å²) in [6.07, 6.45) is 4.03. The molecule has 0 aliphatic carbocycles. The molecular formula is C31H35NO3S. The van der Waals surface area contributed by atoms with E-state index in [0.717, 1.165) is 35.1 Å². The maximum atomic E-state index is 11.9. The number of fused-ring (bicyclic) bond motifs is 2. The summed E-state index contributed by atoms with van der Waals surface area (Å²) in [5.41, 5.74) is 6.15. The zero-order valence-corrected chi connectivity index (χ0v) is 21.8. The Morgan fingerprint density at radius 1 is 0.972 bits per heavy atom. The average molecular weight is 502 g/mol. The number of likely N-dealkylation sites (tertiary alicyclic amines) is 1. The van der Waals surface area contributed by atoms with Gasteiger partial charge < -0.3 is 14.4 Å². The van der Waals surface area contributed by atoms with E-state index in [1.807, 2.05) is 23.9 Å². The molecule has 0 saturated carbocycles. The Morgan fingerprint density at radius 2 is 1.75 bits per heavy atom. The molecule has 0 amide bonds. The lowest BCUT2D eigenvalue weighted by Crippen LogP contribution is -2.35. The van der Waals surface area contributed by atoms with Crippen molar-refractivity contribution < 1.29 is 14.3 Å². The summed E-state index contributed by atoms with van der Waals surface area (Å²) < 4.78 is 11.1. The van der Waals surface area contributed by atoms with Crippen molar-refractivity contribution in [2.24, 2.45) is 5.92 Å². The quantitative estimate of drug-likeness (QED) is 0.350. The van der Waals surface area contributed by atoms with Gasteiger partial charge in [-0.25, -0.2) is 0 Å². The fraction of sp³-hybridized carbons (Fsp3) is 0.387. The van der Waals surface area contributed by atoms with Crippen molar-refractivity contribution in [3.63, 3.8) is 0 Å². The number of piperidine rings is 1. The molecule has 36 heavy (non-hydrogen) atoms. The lowest BCUT2D eigenvalue weighted by molar-refractivity contribution is -0.139. The van der Waals surface area contributed by atoms with Crippen LogP contribution in [0.15, 0.2) is 72.8 Å². The molecule has 3 aromatic carbocycles. The molecule has 1 unspecified atom stereocenters. The van der Waals surface area contributed by atoms with Crippen LogP contribution in [-0.4, -0.2) is 43.4 Å². The molecule has 4 nitrogen and oxygen atoms in total. The second-order valence-corrected chi connectivity index (χ2v) is 11.1. The highest BCUT2D eigenvalue weighted by Gasteiger charge is 2.26. The second-order valence-electron chi connectivity index (χ2n) is 9.84. The minimum Gasteiger partial charge on any atom is -0.489 e. The van der Waals surface area contributed by atoms with Crippen molar-refractivity contribution in [1.82, 2.24) is 4.90 Å². The van der Waals surface area contributed by atoms with Crippen LogP contribution < -0.4 is 4.74 Å². The first-order chi connectivity index (χ1) is 17.7. The summed E-state index contributed by atoms with van der Waals surface area (Å²) in [4.78, 5) is 14.5. The lowest BCUT2D eigenvalue weighted by atomic mass is 9.90. The maximum Gasteiger partial charge on any atom is 0.309 e. The van der Waals surface area contributed by atoms with E-state index < -0.39 is 0 Å². The third-order valence-corrected chi connectivity index (χ3v) is 8.68. The van der Waals surface area contributed by atoms with Crippen LogP contribution in [0, 0.1) is 5.92 Å². The van der Waals surface area contributed by atoms with Crippen LogP contribution in [0.4, 0.5) is 0 Å². The lowest BCUT2D eigenvalue weighted by Gasteiger charge is -2.32. The van der Waals surface area contributed by atoms with E-state index >= 15 is 0 Å². The van der Waals surface area contributed by atoms with Gasteiger partial charge in [-0.15, -0.1) is 11.8 Å². The molecule has 0 aromatic heterocycles. The Balaban J connectivity index is 1.23. The van der Waals surface area contributed by atoms with Crippen LogP contribution in [0.25, 0.3) is 0 Å². The van der Waals surface area contributed by atoms with Crippen LogP contribution in [-0.2, 0) is 29.0 Å². The van der Waals surface area contributed by atoms with E-state index in [0.29, 0.717) is 6.61 Å². The monoisotopic (exact) mass is 501 g/mol. The van der Waals surface area contributed by atoms with Crippen LogP contribution >= 0.6 is 11.8 Å². The van der Waals surface area contributed by atoms with Gasteiger partial charge in [0.15, 0.2) is 0 Å². The van der Waals surface area contributed by atoms with Gasteiger partial charge >= 0.3 is 5.97 Å². The predicted molar refractivity (Wildman–Crippen MR) is 147 cm³/mol. The largest absolute Gasteiger partial charge is 0.489 e. The number of ether oxygens (including phenoxy) is 2. The van der Waals surface area contributed by atoms with Crippen molar-refractivity contribution in [3.05, 3.63) is 101 Å². The molecule has 0 spiro atoms. The molecule has 3 aromatic rings. The minimum absolute atomic E-state index is 0.187. The Kier molecular flexibility index (Phi) is 8.29.